The molecule has 5 nitrogen and oxygen atoms in total. The van der Waals surface area contributed by atoms with Gasteiger partial charge >= 0.3 is 5.97 Å². The first-order valence-electron chi connectivity index (χ1n) is 5.46. The molecule has 0 amide bonds. The Morgan fingerprint density at radius 1 is 1.53 bits per heavy atom. The van der Waals surface area contributed by atoms with Gasteiger partial charge in [-0.2, -0.15) is 0 Å². The van der Waals surface area contributed by atoms with Crippen LogP contribution in [0.5, 0.6) is 5.75 Å². The quantitative estimate of drug-likeness (QED) is 0.650. The van der Waals surface area contributed by atoms with E-state index in [0.29, 0.717) is 13.2 Å². The molecule has 0 aliphatic rings. The van der Waals surface area contributed by atoms with Gasteiger partial charge in [-0.25, -0.2) is 0 Å². The second-order valence-electron chi connectivity index (χ2n) is 3.53. The zero-order valence-corrected chi connectivity index (χ0v) is 9.72. The predicted octanol–water partition coefficient (Wildman–Crippen LogP) is 0.620. The van der Waals surface area contributed by atoms with Crippen LogP contribution in [0.25, 0.3) is 0 Å². The SMILES string of the molecule is CCOc1cccc(CNC(CO)C(=O)O)c1. The van der Waals surface area contributed by atoms with E-state index in [0.717, 1.165) is 11.3 Å². The highest BCUT2D eigenvalue weighted by molar-refractivity contribution is 5.73. The molecule has 0 fully saturated rings. The number of carboxylic acid groups (broad SMARTS) is 1. The number of rotatable bonds is 7. The molecule has 17 heavy (non-hydrogen) atoms. The summed E-state index contributed by atoms with van der Waals surface area (Å²) in [6.07, 6.45) is 0. The van der Waals surface area contributed by atoms with E-state index < -0.39 is 18.6 Å². The van der Waals surface area contributed by atoms with E-state index in [1.165, 1.54) is 0 Å². The lowest BCUT2D eigenvalue weighted by Gasteiger charge is -2.12. The van der Waals surface area contributed by atoms with Gasteiger partial charge in [0.2, 0.25) is 0 Å². The Morgan fingerprint density at radius 2 is 2.29 bits per heavy atom. The summed E-state index contributed by atoms with van der Waals surface area (Å²) in [5.41, 5.74) is 0.913. The molecule has 1 aromatic carbocycles. The fraction of sp³-hybridized carbons (Fsp3) is 0.417. The molecule has 0 bridgehead atoms. The molecule has 1 aromatic rings. The summed E-state index contributed by atoms with van der Waals surface area (Å²) >= 11 is 0. The van der Waals surface area contributed by atoms with Gasteiger partial charge in [0.1, 0.15) is 11.8 Å². The summed E-state index contributed by atoms with van der Waals surface area (Å²) < 4.78 is 5.33. The van der Waals surface area contributed by atoms with E-state index in [1.807, 2.05) is 31.2 Å². The standard InChI is InChI=1S/C12H17NO4/c1-2-17-10-5-3-4-9(6-10)7-13-11(8-14)12(15)16/h3-6,11,13-14H,2,7-8H2,1H3,(H,15,16). The molecular formula is C12H17NO4. The lowest BCUT2D eigenvalue weighted by molar-refractivity contribution is -0.140. The number of carbonyl (C=O) groups is 1. The van der Waals surface area contributed by atoms with E-state index in [9.17, 15) is 4.79 Å². The van der Waals surface area contributed by atoms with Gasteiger partial charge in [-0.1, -0.05) is 12.1 Å². The van der Waals surface area contributed by atoms with Crippen LogP contribution in [0.2, 0.25) is 0 Å². The first-order chi connectivity index (χ1) is 8.17. The third-order valence-corrected chi connectivity index (χ3v) is 2.24. The number of hydrogen-bond acceptors (Lipinski definition) is 4. The molecule has 5 heteroatoms. The number of aliphatic hydroxyl groups excluding tert-OH is 1. The molecule has 3 N–H and O–H groups in total. The highest BCUT2D eigenvalue weighted by Crippen LogP contribution is 2.13. The summed E-state index contributed by atoms with van der Waals surface area (Å²) in [6.45, 7) is 2.43. The van der Waals surface area contributed by atoms with Crippen molar-refractivity contribution in [2.75, 3.05) is 13.2 Å². The Labute approximate surface area is 100 Å². The number of benzene rings is 1. The molecule has 0 spiro atoms. The minimum absolute atomic E-state index is 0.373. The maximum Gasteiger partial charge on any atom is 0.323 e. The van der Waals surface area contributed by atoms with Crippen LogP contribution in [0.15, 0.2) is 24.3 Å². The maximum absolute atomic E-state index is 10.7. The summed E-state index contributed by atoms with van der Waals surface area (Å²) in [6, 6.07) is 6.45. The van der Waals surface area contributed by atoms with E-state index >= 15 is 0 Å². The van der Waals surface area contributed by atoms with Gasteiger partial charge in [-0.3, -0.25) is 10.1 Å². The smallest absolute Gasteiger partial charge is 0.323 e. The number of aliphatic hydroxyl groups is 1. The van der Waals surface area contributed by atoms with E-state index in [1.54, 1.807) is 0 Å². The number of nitrogens with one attached hydrogen (secondary N) is 1. The first kappa shape index (κ1) is 13.5. The summed E-state index contributed by atoms with van der Waals surface area (Å²) in [5.74, 6) is -0.309. The largest absolute Gasteiger partial charge is 0.494 e. The van der Waals surface area contributed by atoms with E-state index in [2.05, 4.69) is 5.32 Å². The lowest BCUT2D eigenvalue weighted by Crippen LogP contribution is -2.39. The maximum atomic E-state index is 10.7. The Morgan fingerprint density at radius 3 is 2.88 bits per heavy atom. The van der Waals surface area contributed by atoms with Gasteiger partial charge in [0.15, 0.2) is 0 Å². The average molecular weight is 239 g/mol. The fourth-order valence-electron chi connectivity index (χ4n) is 1.38. The van der Waals surface area contributed by atoms with Crippen molar-refractivity contribution in [3.63, 3.8) is 0 Å². The van der Waals surface area contributed by atoms with Crippen molar-refractivity contribution in [1.29, 1.82) is 0 Å². The van der Waals surface area contributed by atoms with Crippen molar-refractivity contribution in [3.05, 3.63) is 29.8 Å². The number of ether oxygens (including phenoxy) is 1. The monoisotopic (exact) mass is 239 g/mol. The third kappa shape index (κ3) is 4.42. The van der Waals surface area contributed by atoms with E-state index in [-0.39, 0.29) is 0 Å². The van der Waals surface area contributed by atoms with Crippen LogP contribution in [0.3, 0.4) is 0 Å². The third-order valence-electron chi connectivity index (χ3n) is 2.24. The van der Waals surface area contributed by atoms with Crippen molar-refractivity contribution in [1.82, 2.24) is 5.32 Å². The molecule has 0 saturated heterocycles. The number of carboxylic acids is 1. The Hall–Kier alpha value is -1.59. The van der Waals surface area contributed by atoms with Crippen molar-refractivity contribution in [2.24, 2.45) is 0 Å². The molecule has 0 aliphatic carbocycles. The molecule has 0 saturated carbocycles. The van der Waals surface area contributed by atoms with Gasteiger partial charge in [0.25, 0.3) is 0 Å². The summed E-state index contributed by atoms with van der Waals surface area (Å²) in [5, 5.41) is 20.3. The van der Waals surface area contributed by atoms with Gasteiger partial charge in [0, 0.05) is 6.54 Å². The van der Waals surface area contributed by atoms with Gasteiger partial charge < -0.3 is 14.9 Å². The minimum atomic E-state index is -1.06. The Balaban J connectivity index is 2.56. The lowest BCUT2D eigenvalue weighted by atomic mass is 10.2. The molecular weight excluding hydrogens is 222 g/mol. The second kappa shape index (κ2) is 6.88. The van der Waals surface area contributed by atoms with Crippen molar-refractivity contribution < 1.29 is 19.7 Å². The molecule has 1 rings (SSSR count). The highest BCUT2D eigenvalue weighted by atomic mass is 16.5. The molecule has 1 unspecified atom stereocenters. The molecule has 0 radical (unpaired) electrons. The molecule has 94 valence electrons. The van der Waals surface area contributed by atoms with Gasteiger partial charge in [-0.05, 0) is 24.6 Å². The highest BCUT2D eigenvalue weighted by Gasteiger charge is 2.14. The van der Waals surface area contributed by atoms with Gasteiger partial charge in [-0.15, -0.1) is 0 Å². The number of hydrogen-bond donors (Lipinski definition) is 3. The zero-order valence-electron chi connectivity index (χ0n) is 9.72. The average Bonchev–Trinajstić information content (AvgIpc) is 2.30. The molecule has 0 aromatic heterocycles. The second-order valence-corrected chi connectivity index (χ2v) is 3.53. The van der Waals surface area contributed by atoms with Crippen LogP contribution in [0, 0.1) is 0 Å². The van der Waals surface area contributed by atoms with Crippen LogP contribution in [0.4, 0.5) is 0 Å². The number of aliphatic carboxylic acids is 1. The zero-order chi connectivity index (χ0) is 12.7. The van der Waals surface area contributed by atoms with Crippen LogP contribution in [0.1, 0.15) is 12.5 Å². The first-order valence-corrected chi connectivity index (χ1v) is 5.46. The summed E-state index contributed by atoms with van der Waals surface area (Å²) in [4.78, 5) is 10.7. The van der Waals surface area contributed by atoms with Crippen molar-refractivity contribution >= 4 is 5.97 Å². The molecule has 0 aliphatic heterocycles. The van der Waals surface area contributed by atoms with E-state index in [4.69, 9.17) is 14.9 Å². The Bertz CT molecular complexity index is 367. The van der Waals surface area contributed by atoms with Crippen LogP contribution in [-0.2, 0) is 11.3 Å². The molecule has 1 atom stereocenters. The van der Waals surface area contributed by atoms with Crippen LogP contribution < -0.4 is 10.1 Å². The normalized spacial score (nSPS) is 12.1. The predicted molar refractivity (Wildman–Crippen MR) is 63.0 cm³/mol. The topological polar surface area (TPSA) is 78.8 Å². The van der Waals surface area contributed by atoms with Crippen molar-refractivity contribution in [3.8, 4) is 5.75 Å². The minimum Gasteiger partial charge on any atom is -0.494 e. The Kier molecular flexibility index (Phi) is 5.45. The molecule has 0 heterocycles. The van der Waals surface area contributed by atoms with Crippen LogP contribution >= 0.6 is 0 Å². The van der Waals surface area contributed by atoms with Crippen molar-refractivity contribution in [2.45, 2.75) is 19.5 Å². The fourth-order valence-corrected chi connectivity index (χ4v) is 1.38. The summed E-state index contributed by atoms with van der Waals surface area (Å²) in [7, 11) is 0. The van der Waals surface area contributed by atoms with Gasteiger partial charge in [0.05, 0.1) is 13.2 Å². The van der Waals surface area contributed by atoms with Crippen LogP contribution in [-0.4, -0.2) is 35.4 Å².